The van der Waals surface area contributed by atoms with Crippen LogP contribution in [0.1, 0.15) is 101 Å². The fourth-order valence-corrected chi connectivity index (χ4v) is 3.55. The Morgan fingerprint density at radius 1 is 0.614 bits per heavy atom. The molecule has 1 amide bonds. The zero-order chi connectivity index (χ0) is 33.9. The number of hydrogen-bond donors (Lipinski definition) is 1. The molecule has 14 heteroatoms. The fourth-order valence-electron chi connectivity index (χ4n) is 3.55. The first-order chi connectivity index (χ1) is 20.3. The molecule has 0 aliphatic carbocycles. The summed E-state index contributed by atoms with van der Waals surface area (Å²) in [5.41, 5.74) is 5.31. The van der Waals surface area contributed by atoms with Crippen molar-refractivity contribution < 1.29 is 47.6 Å². The van der Waals surface area contributed by atoms with Crippen molar-refractivity contribution in [2.24, 2.45) is 5.11 Å². The van der Waals surface area contributed by atoms with E-state index >= 15 is 0 Å². The van der Waals surface area contributed by atoms with Crippen molar-refractivity contribution in [3.8, 4) is 0 Å². The minimum Gasteiger partial charge on any atom is -0.460 e. The highest BCUT2D eigenvalue weighted by molar-refractivity contribution is 5.77. The van der Waals surface area contributed by atoms with Gasteiger partial charge >= 0.3 is 17.9 Å². The molecule has 14 nitrogen and oxygen atoms in total. The third-order valence-corrected chi connectivity index (χ3v) is 5.13. The molecule has 0 saturated heterocycles. The molecule has 0 aromatic rings. The fraction of sp³-hybridized carbons (Fsp3) is 0.867. The summed E-state index contributed by atoms with van der Waals surface area (Å²) in [6.07, 6.45) is 1.09. The molecule has 0 aliphatic rings. The standard InChI is InChI=1S/C30H54N4O10/c1-27(2,3)42-24(36)13-17-39-20-30(33-23(35)12-10-11-16-32-34-31,21-40-18-14-25(37)43-28(4,5)6)22-41-19-15-26(38)44-29(7,8)9/h10-22H2,1-9H3,(H,33,35). The molecule has 0 aromatic heterocycles. The van der Waals surface area contributed by atoms with Crippen LogP contribution in [0.5, 0.6) is 0 Å². The number of carbonyl (C=O) groups excluding carboxylic acids is 4. The predicted molar refractivity (Wildman–Crippen MR) is 163 cm³/mol. The van der Waals surface area contributed by atoms with Crippen molar-refractivity contribution in [2.45, 2.75) is 123 Å². The average molecular weight is 631 g/mol. The molecular formula is C30H54N4O10. The molecule has 0 rings (SSSR count). The number of ether oxygens (including phenoxy) is 6. The van der Waals surface area contributed by atoms with E-state index in [4.69, 9.17) is 34.0 Å². The van der Waals surface area contributed by atoms with E-state index in [1.165, 1.54) is 0 Å². The summed E-state index contributed by atoms with van der Waals surface area (Å²) in [6.45, 7) is 15.9. The lowest BCUT2D eigenvalue weighted by Crippen LogP contribution is -2.58. The van der Waals surface area contributed by atoms with Crippen molar-refractivity contribution >= 4 is 23.8 Å². The number of azide groups is 1. The number of unbranched alkanes of at least 4 members (excludes halogenated alkanes) is 1. The molecule has 0 atom stereocenters. The summed E-state index contributed by atoms with van der Waals surface area (Å²) < 4.78 is 33.4. The summed E-state index contributed by atoms with van der Waals surface area (Å²) in [5.74, 6) is -1.63. The third kappa shape index (κ3) is 24.5. The second-order valence-electron chi connectivity index (χ2n) is 13.4. The Morgan fingerprint density at radius 2 is 0.977 bits per heavy atom. The van der Waals surface area contributed by atoms with Gasteiger partial charge in [0.2, 0.25) is 5.91 Å². The van der Waals surface area contributed by atoms with Crippen molar-refractivity contribution in [2.75, 3.05) is 46.2 Å². The van der Waals surface area contributed by atoms with E-state index in [0.29, 0.717) is 12.8 Å². The van der Waals surface area contributed by atoms with Crippen LogP contribution in [0, 0.1) is 0 Å². The lowest BCUT2D eigenvalue weighted by Gasteiger charge is -2.34. The maximum absolute atomic E-state index is 13.0. The van der Waals surface area contributed by atoms with Crippen molar-refractivity contribution in [3.05, 3.63) is 10.4 Å². The van der Waals surface area contributed by atoms with Gasteiger partial charge in [-0.1, -0.05) is 5.11 Å². The van der Waals surface area contributed by atoms with E-state index in [1.807, 2.05) is 0 Å². The monoisotopic (exact) mass is 630 g/mol. The van der Waals surface area contributed by atoms with Crippen LogP contribution >= 0.6 is 0 Å². The van der Waals surface area contributed by atoms with Gasteiger partial charge in [-0.2, -0.15) is 0 Å². The molecule has 0 aromatic carbocycles. The van der Waals surface area contributed by atoms with Gasteiger partial charge in [0.1, 0.15) is 22.3 Å². The number of amides is 1. The average Bonchev–Trinajstić information content (AvgIpc) is 2.84. The van der Waals surface area contributed by atoms with Crippen molar-refractivity contribution in [1.82, 2.24) is 5.32 Å². The van der Waals surface area contributed by atoms with Crippen LogP contribution < -0.4 is 5.32 Å². The minimum absolute atomic E-state index is 0.00845. The lowest BCUT2D eigenvalue weighted by molar-refractivity contribution is -0.157. The second kappa shape index (κ2) is 20.2. The van der Waals surface area contributed by atoms with Crippen LogP contribution in [0.4, 0.5) is 0 Å². The summed E-state index contributed by atoms with van der Waals surface area (Å²) in [7, 11) is 0. The Hall–Kier alpha value is -2.93. The van der Waals surface area contributed by atoms with Crippen molar-refractivity contribution in [3.63, 3.8) is 0 Å². The van der Waals surface area contributed by atoms with Gasteiger partial charge in [0, 0.05) is 17.9 Å². The van der Waals surface area contributed by atoms with E-state index < -0.39 is 40.2 Å². The SMILES string of the molecule is CC(C)(C)OC(=O)CCOCC(COCCC(=O)OC(C)(C)C)(COCCC(=O)OC(C)(C)C)NC(=O)CCCCN=[N+]=[N-]. The molecule has 0 spiro atoms. The van der Waals surface area contributed by atoms with Gasteiger partial charge in [-0.3, -0.25) is 19.2 Å². The first kappa shape index (κ1) is 41.1. The van der Waals surface area contributed by atoms with E-state index in [0.717, 1.165) is 0 Å². The van der Waals surface area contributed by atoms with Gasteiger partial charge in [0.25, 0.3) is 0 Å². The smallest absolute Gasteiger partial charge is 0.308 e. The summed E-state index contributed by atoms with van der Waals surface area (Å²) in [5, 5.41) is 6.41. The molecule has 0 heterocycles. The largest absolute Gasteiger partial charge is 0.460 e. The molecule has 0 saturated carbocycles. The maximum Gasteiger partial charge on any atom is 0.308 e. The number of carbonyl (C=O) groups is 4. The first-order valence-electron chi connectivity index (χ1n) is 15.0. The quantitative estimate of drug-likeness (QED) is 0.0470. The van der Waals surface area contributed by atoms with Crippen LogP contribution in [0.3, 0.4) is 0 Å². The summed E-state index contributed by atoms with van der Waals surface area (Å²) >= 11 is 0. The van der Waals surface area contributed by atoms with Crippen molar-refractivity contribution in [1.29, 1.82) is 0 Å². The van der Waals surface area contributed by atoms with Crippen LogP contribution in [-0.2, 0) is 47.6 Å². The Kier molecular flexibility index (Phi) is 18.8. The molecule has 1 N–H and O–H groups in total. The highest BCUT2D eigenvalue weighted by atomic mass is 16.6. The molecule has 0 radical (unpaired) electrons. The van der Waals surface area contributed by atoms with Gasteiger partial charge in [-0.25, -0.2) is 0 Å². The van der Waals surface area contributed by atoms with E-state index in [1.54, 1.807) is 62.3 Å². The Bertz CT molecular complexity index is 857. The van der Waals surface area contributed by atoms with Gasteiger partial charge in [-0.05, 0) is 80.7 Å². The van der Waals surface area contributed by atoms with E-state index in [-0.39, 0.29) is 77.8 Å². The second-order valence-corrected chi connectivity index (χ2v) is 13.4. The zero-order valence-corrected chi connectivity index (χ0v) is 28.1. The van der Waals surface area contributed by atoms with Crippen LogP contribution in [0.25, 0.3) is 10.4 Å². The van der Waals surface area contributed by atoms with E-state index in [2.05, 4.69) is 15.3 Å². The summed E-state index contributed by atoms with van der Waals surface area (Å²) in [6, 6.07) is 0. The van der Waals surface area contributed by atoms with Crippen LogP contribution in [-0.4, -0.2) is 92.3 Å². The number of hydrogen-bond acceptors (Lipinski definition) is 11. The highest BCUT2D eigenvalue weighted by Gasteiger charge is 2.34. The predicted octanol–water partition coefficient (Wildman–Crippen LogP) is 4.57. The minimum atomic E-state index is -1.22. The number of nitrogens with zero attached hydrogens (tertiary/aromatic N) is 3. The van der Waals surface area contributed by atoms with E-state index in [9.17, 15) is 19.2 Å². The van der Waals surface area contributed by atoms with Gasteiger partial charge in [0.15, 0.2) is 0 Å². The normalized spacial score (nSPS) is 12.2. The number of rotatable bonds is 21. The highest BCUT2D eigenvalue weighted by Crippen LogP contribution is 2.15. The van der Waals surface area contributed by atoms with Gasteiger partial charge in [-0.15, -0.1) is 0 Å². The van der Waals surface area contributed by atoms with Crippen LogP contribution in [0.2, 0.25) is 0 Å². The number of nitrogens with one attached hydrogen (secondary N) is 1. The third-order valence-electron chi connectivity index (χ3n) is 5.13. The number of esters is 3. The Morgan fingerprint density at radius 3 is 1.30 bits per heavy atom. The first-order valence-corrected chi connectivity index (χ1v) is 15.0. The molecule has 0 bridgehead atoms. The maximum atomic E-state index is 13.0. The molecule has 254 valence electrons. The Balaban J connectivity index is 5.59. The molecule has 44 heavy (non-hydrogen) atoms. The molecule has 0 unspecified atom stereocenters. The van der Waals surface area contributed by atoms with Gasteiger partial charge in [0.05, 0.1) is 58.9 Å². The lowest BCUT2D eigenvalue weighted by atomic mass is 10.0. The molecular weight excluding hydrogens is 576 g/mol. The Labute approximate surface area is 261 Å². The molecule has 0 aliphatic heterocycles. The van der Waals surface area contributed by atoms with Gasteiger partial charge < -0.3 is 33.7 Å². The zero-order valence-electron chi connectivity index (χ0n) is 28.1. The topological polar surface area (TPSA) is 184 Å². The summed E-state index contributed by atoms with van der Waals surface area (Å²) in [4.78, 5) is 52.2. The van der Waals surface area contributed by atoms with Crippen LogP contribution in [0.15, 0.2) is 5.11 Å². The molecule has 0 fully saturated rings.